The van der Waals surface area contributed by atoms with E-state index >= 15 is 0 Å². The number of fused-ring (bicyclic) bond motifs is 1. The van der Waals surface area contributed by atoms with Gasteiger partial charge in [-0.05, 0) is 38.0 Å². The van der Waals surface area contributed by atoms with E-state index in [0.717, 1.165) is 34.2 Å². The zero-order chi connectivity index (χ0) is 25.4. The van der Waals surface area contributed by atoms with Crippen LogP contribution in [-0.4, -0.2) is 85.0 Å². The summed E-state index contributed by atoms with van der Waals surface area (Å²) in [4.78, 5) is 35.8. The Bertz CT molecular complexity index is 1340. The van der Waals surface area contributed by atoms with Gasteiger partial charge < -0.3 is 24.6 Å². The molecule has 3 aromatic heterocycles. The minimum atomic E-state index is -0.814. The van der Waals surface area contributed by atoms with E-state index in [0.29, 0.717) is 62.2 Å². The first-order valence-corrected chi connectivity index (χ1v) is 13.3. The number of alkyl halides is 1. The number of aromatic nitrogens is 3. The number of carbonyl (C=O) groups excluding carboxylic acids is 1. The van der Waals surface area contributed by atoms with Crippen molar-refractivity contribution < 1.29 is 18.7 Å². The smallest absolute Gasteiger partial charge is 0.252 e. The van der Waals surface area contributed by atoms with E-state index < -0.39 is 12.2 Å². The number of hydrogen-bond acceptors (Lipinski definition) is 10. The number of piperidine rings is 1. The van der Waals surface area contributed by atoms with Crippen LogP contribution in [0.25, 0.3) is 10.3 Å². The van der Waals surface area contributed by atoms with E-state index in [1.165, 1.54) is 0 Å². The molecule has 0 aromatic carbocycles. The largest absolute Gasteiger partial charge is 0.475 e. The van der Waals surface area contributed by atoms with Gasteiger partial charge in [0, 0.05) is 43.6 Å². The van der Waals surface area contributed by atoms with Crippen LogP contribution in [0.4, 0.5) is 21.0 Å². The Labute approximate surface area is 217 Å². The summed E-state index contributed by atoms with van der Waals surface area (Å²) in [6, 6.07) is 4.92. The van der Waals surface area contributed by atoms with Crippen molar-refractivity contribution in [1.29, 1.82) is 0 Å². The van der Waals surface area contributed by atoms with E-state index in [1.807, 2.05) is 30.0 Å². The molecule has 2 saturated heterocycles. The lowest BCUT2D eigenvalue weighted by Gasteiger charge is -2.31. The van der Waals surface area contributed by atoms with Crippen molar-refractivity contribution in [2.45, 2.75) is 32.0 Å². The average molecular weight is 526 g/mol. The summed E-state index contributed by atoms with van der Waals surface area (Å²) in [6.45, 7) is 5.99. The summed E-state index contributed by atoms with van der Waals surface area (Å²) in [5.41, 5.74) is 2.84. The minimum Gasteiger partial charge on any atom is -0.475 e. The van der Waals surface area contributed by atoms with Crippen LogP contribution >= 0.6 is 11.3 Å². The third-order valence-electron chi connectivity index (χ3n) is 6.71. The van der Waals surface area contributed by atoms with Gasteiger partial charge in [0.05, 0.1) is 23.6 Å². The van der Waals surface area contributed by atoms with Gasteiger partial charge in [-0.3, -0.25) is 9.78 Å². The molecule has 1 amide bonds. The van der Waals surface area contributed by atoms with Crippen LogP contribution in [0.3, 0.4) is 0 Å². The molecule has 6 rings (SSSR count). The number of aliphatic imine (C=N–C) groups is 1. The molecule has 6 heterocycles. The topological polar surface area (TPSA) is 105 Å². The molecule has 37 heavy (non-hydrogen) atoms. The SMILES string of the molecule is Cc1cc(C2=NC(C(=O)Nc3cc4sc(N5CCOCC5)nc4nc3N3CCC(F)CC3)CO2)ccn1. The molecule has 12 heteroatoms. The second-order valence-electron chi connectivity index (χ2n) is 9.38. The van der Waals surface area contributed by atoms with E-state index in [4.69, 9.17) is 19.4 Å². The summed E-state index contributed by atoms with van der Waals surface area (Å²) >= 11 is 1.54. The van der Waals surface area contributed by atoms with E-state index in [2.05, 4.69) is 20.2 Å². The van der Waals surface area contributed by atoms with Crippen LogP contribution < -0.4 is 15.1 Å². The number of carbonyl (C=O) groups is 1. The highest BCUT2D eigenvalue weighted by Crippen LogP contribution is 2.36. The Morgan fingerprint density at radius 1 is 1.14 bits per heavy atom. The molecule has 1 N–H and O–H groups in total. The summed E-state index contributed by atoms with van der Waals surface area (Å²) in [6.07, 6.45) is 1.74. The molecule has 0 bridgehead atoms. The molecule has 2 fully saturated rings. The van der Waals surface area contributed by atoms with Crippen molar-refractivity contribution in [3.8, 4) is 0 Å². The van der Waals surface area contributed by atoms with Crippen LogP contribution in [-0.2, 0) is 14.3 Å². The summed E-state index contributed by atoms with van der Waals surface area (Å²) in [5.74, 6) is 0.767. The summed E-state index contributed by atoms with van der Waals surface area (Å²) in [5, 5.41) is 3.92. The number of aryl methyl sites for hydroxylation is 1. The van der Waals surface area contributed by atoms with Crippen molar-refractivity contribution in [2.24, 2.45) is 4.99 Å². The van der Waals surface area contributed by atoms with E-state index in [1.54, 1.807) is 17.5 Å². The molecule has 0 spiro atoms. The molecule has 1 unspecified atom stereocenters. The van der Waals surface area contributed by atoms with Gasteiger partial charge in [0.1, 0.15) is 12.8 Å². The van der Waals surface area contributed by atoms with Crippen molar-refractivity contribution in [3.05, 3.63) is 35.7 Å². The van der Waals surface area contributed by atoms with Crippen LogP contribution in [0.5, 0.6) is 0 Å². The van der Waals surface area contributed by atoms with Gasteiger partial charge in [-0.25, -0.2) is 14.4 Å². The maximum atomic E-state index is 13.9. The number of nitrogens with zero attached hydrogens (tertiary/aromatic N) is 6. The number of thiazole rings is 1. The quantitative estimate of drug-likeness (QED) is 0.542. The number of rotatable bonds is 5. The molecule has 3 aliphatic heterocycles. The van der Waals surface area contributed by atoms with Gasteiger partial charge in [0.25, 0.3) is 5.91 Å². The van der Waals surface area contributed by atoms with Crippen LogP contribution in [0.2, 0.25) is 0 Å². The number of pyridine rings is 2. The first-order valence-electron chi connectivity index (χ1n) is 12.5. The Morgan fingerprint density at radius 3 is 2.73 bits per heavy atom. The van der Waals surface area contributed by atoms with Gasteiger partial charge in [-0.15, -0.1) is 0 Å². The summed E-state index contributed by atoms with van der Waals surface area (Å²) in [7, 11) is 0. The monoisotopic (exact) mass is 525 g/mol. The predicted molar refractivity (Wildman–Crippen MR) is 141 cm³/mol. The highest BCUT2D eigenvalue weighted by Gasteiger charge is 2.29. The zero-order valence-corrected chi connectivity index (χ0v) is 21.3. The van der Waals surface area contributed by atoms with Gasteiger partial charge in [0.15, 0.2) is 22.6 Å². The Hall–Kier alpha value is -3.38. The predicted octanol–water partition coefficient (Wildman–Crippen LogP) is 2.95. The fraction of sp³-hybridized carbons (Fsp3) is 0.480. The van der Waals surface area contributed by atoms with Gasteiger partial charge in [-0.2, -0.15) is 4.98 Å². The Morgan fingerprint density at radius 2 is 1.95 bits per heavy atom. The third-order valence-corrected chi connectivity index (χ3v) is 7.76. The van der Waals surface area contributed by atoms with E-state index in [9.17, 15) is 9.18 Å². The number of hydrogen-bond donors (Lipinski definition) is 1. The van der Waals surface area contributed by atoms with E-state index in [-0.39, 0.29) is 12.5 Å². The number of halogens is 1. The second kappa shape index (κ2) is 10.2. The van der Waals surface area contributed by atoms with Crippen molar-refractivity contribution >= 4 is 50.1 Å². The lowest BCUT2D eigenvalue weighted by atomic mass is 10.1. The molecule has 1 atom stereocenters. The van der Waals surface area contributed by atoms with Crippen molar-refractivity contribution in [1.82, 2.24) is 15.0 Å². The minimum absolute atomic E-state index is 0.155. The fourth-order valence-corrected chi connectivity index (χ4v) is 5.69. The molecule has 194 valence electrons. The Kier molecular flexibility index (Phi) is 6.59. The highest BCUT2D eigenvalue weighted by molar-refractivity contribution is 7.22. The third kappa shape index (κ3) is 5.08. The number of morpholine rings is 1. The molecule has 0 aliphatic carbocycles. The maximum Gasteiger partial charge on any atom is 0.252 e. The second-order valence-corrected chi connectivity index (χ2v) is 10.4. The van der Waals surface area contributed by atoms with Gasteiger partial charge >= 0.3 is 0 Å². The number of ether oxygens (including phenoxy) is 2. The molecule has 3 aromatic rings. The number of nitrogens with one attached hydrogen (secondary N) is 1. The van der Waals surface area contributed by atoms with Gasteiger partial charge in [0.2, 0.25) is 5.90 Å². The van der Waals surface area contributed by atoms with Crippen LogP contribution in [0.1, 0.15) is 24.1 Å². The lowest BCUT2D eigenvalue weighted by molar-refractivity contribution is -0.117. The number of amides is 1. The molecule has 3 aliphatic rings. The van der Waals surface area contributed by atoms with Crippen LogP contribution in [0.15, 0.2) is 29.4 Å². The summed E-state index contributed by atoms with van der Waals surface area (Å²) < 4.78 is 26.0. The van der Waals surface area contributed by atoms with Crippen molar-refractivity contribution in [2.75, 3.05) is 61.1 Å². The zero-order valence-electron chi connectivity index (χ0n) is 20.5. The standard InChI is InChI=1S/C25H28FN7O3S/c1-15-12-16(2-5-27-15)24-29-19(14-36-24)23(34)28-18-13-20-21(30-22(18)32-6-3-17(26)4-7-32)31-25(37-20)33-8-10-35-11-9-33/h2,5,12-13,17,19H,3-4,6-11,14H2,1H3,(H,28,34). The number of anilines is 3. The molecular formula is C25H28FN7O3S. The first-order chi connectivity index (χ1) is 18.0. The molecular weight excluding hydrogens is 497 g/mol. The lowest BCUT2D eigenvalue weighted by Crippen LogP contribution is -2.36. The molecule has 10 nitrogen and oxygen atoms in total. The Balaban J connectivity index is 1.28. The fourth-order valence-electron chi connectivity index (χ4n) is 4.69. The average Bonchev–Trinajstić information content (AvgIpc) is 3.57. The molecule has 0 radical (unpaired) electrons. The normalized spacial score (nSPS) is 20.7. The molecule has 0 saturated carbocycles. The van der Waals surface area contributed by atoms with Gasteiger partial charge in [-0.1, -0.05) is 11.3 Å². The maximum absolute atomic E-state index is 13.9. The highest BCUT2D eigenvalue weighted by atomic mass is 32.1. The first kappa shape index (κ1) is 24.0. The van der Waals surface area contributed by atoms with Crippen molar-refractivity contribution in [3.63, 3.8) is 0 Å². The van der Waals surface area contributed by atoms with Crippen LogP contribution in [0, 0.1) is 6.92 Å².